The van der Waals surface area contributed by atoms with E-state index in [1.807, 2.05) is 0 Å². The van der Waals surface area contributed by atoms with Gasteiger partial charge in [0.15, 0.2) is 11.5 Å². The number of hydrazone groups is 1. The molecule has 0 bridgehead atoms. The predicted octanol–water partition coefficient (Wildman–Crippen LogP) is 2.91. The molecule has 1 aliphatic carbocycles. The minimum absolute atomic E-state index is 0.0786. The van der Waals surface area contributed by atoms with Crippen LogP contribution in [-0.4, -0.2) is 25.2 Å². The third kappa shape index (κ3) is 4.44. The Kier molecular flexibility index (Phi) is 5.26. The summed E-state index contributed by atoms with van der Waals surface area (Å²) in [6.07, 6.45) is 3.29. The predicted molar refractivity (Wildman–Crippen MR) is 92.8 cm³/mol. The lowest BCUT2D eigenvalue weighted by molar-refractivity contribution is -0.122. The molecule has 134 valence electrons. The van der Waals surface area contributed by atoms with Gasteiger partial charge < -0.3 is 9.47 Å². The summed E-state index contributed by atoms with van der Waals surface area (Å²) >= 11 is 0. The number of hydrogen-bond acceptors (Lipinski definition) is 5. The topological polar surface area (TPSA) is 77.0 Å². The number of rotatable bonds is 6. The molecule has 0 unspecified atom stereocenters. The first-order valence-electron chi connectivity index (χ1n) is 8.05. The van der Waals surface area contributed by atoms with E-state index in [-0.39, 0.29) is 23.1 Å². The van der Waals surface area contributed by atoms with Gasteiger partial charge in [-0.15, -0.1) is 0 Å². The van der Waals surface area contributed by atoms with Crippen molar-refractivity contribution in [1.29, 1.82) is 0 Å². The van der Waals surface area contributed by atoms with Crippen molar-refractivity contribution < 1.29 is 23.5 Å². The van der Waals surface area contributed by atoms with Crippen LogP contribution in [0.3, 0.4) is 0 Å². The van der Waals surface area contributed by atoms with Crippen LogP contribution in [-0.2, 0) is 4.79 Å². The highest BCUT2D eigenvalue weighted by molar-refractivity contribution is 5.91. The summed E-state index contributed by atoms with van der Waals surface area (Å²) in [5.74, 6) is -0.509. The van der Waals surface area contributed by atoms with Gasteiger partial charge in [-0.2, -0.15) is 5.10 Å². The fourth-order valence-corrected chi connectivity index (χ4v) is 2.20. The van der Waals surface area contributed by atoms with Crippen LogP contribution in [0.2, 0.25) is 0 Å². The van der Waals surface area contributed by atoms with Gasteiger partial charge in [0.25, 0.3) is 0 Å². The molecule has 0 spiro atoms. The Balaban J connectivity index is 1.67. The highest BCUT2D eigenvalue weighted by atomic mass is 19.1. The molecule has 0 aliphatic heterocycles. The summed E-state index contributed by atoms with van der Waals surface area (Å²) in [6, 6.07) is 9.90. The third-order valence-electron chi connectivity index (χ3n) is 3.81. The molecule has 2 aromatic carbocycles. The van der Waals surface area contributed by atoms with E-state index in [1.54, 1.807) is 18.2 Å². The number of benzene rings is 2. The van der Waals surface area contributed by atoms with Crippen LogP contribution in [0.25, 0.3) is 0 Å². The molecule has 7 heteroatoms. The smallest absolute Gasteiger partial charge is 0.343 e. The summed E-state index contributed by atoms with van der Waals surface area (Å²) in [5, 5.41) is 3.90. The van der Waals surface area contributed by atoms with Crippen molar-refractivity contribution >= 4 is 18.1 Å². The Morgan fingerprint density at radius 1 is 1.15 bits per heavy atom. The van der Waals surface area contributed by atoms with Crippen LogP contribution in [0.4, 0.5) is 4.39 Å². The average Bonchev–Trinajstić information content (AvgIpc) is 3.48. The van der Waals surface area contributed by atoms with Crippen molar-refractivity contribution in [3.63, 3.8) is 0 Å². The number of ether oxygens (including phenoxy) is 2. The van der Waals surface area contributed by atoms with Gasteiger partial charge >= 0.3 is 5.97 Å². The second kappa shape index (κ2) is 7.77. The first-order chi connectivity index (χ1) is 12.6. The molecular formula is C19H17FN2O4. The van der Waals surface area contributed by atoms with Gasteiger partial charge in [0.05, 0.1) is 18.9 Å². The quantitative estimate of drug-likeness (QED) is 0.374. The summed E-state index contributed by atoms with van der Waals surface area (Å²) in [7, 11) is 1.44. The number of nitrogens with one attached hydrogen (secondary N) is 1. The van der Waals surface area contributed by atoms with Crippen molar-refractivity contribution in [3.05, 3.63) is 59.4 Å². The van der Waals surface area contributed by atoms with Gasteiger partial charge in [0.1, 0.15) is 5.82 Å². The zero-order valence-electron chi connectivity index (χ0n) is 14.1. The van der Waals surface area contributed by atoms with Gasteiger partial charge in [-0.25, -0.2) is 14.6 Å². The molecule has 1 N–H and O–H groups in total. The Bertz CT molecular complexity index is 845. The van der Waals surface area contributed by atoms with Crippen molar-refractivity contribution in [2.45, 2.75) is 12.8 Å². The molecule has 26 heavy (non-hydrogen) atoms. The molecule has 1 fully saturated rings. The summed E-state index contributed by atoms with van der Waals surface area (Å²) < 4.78 is 23.5. The van der Waals surface area contributed by atoms with E-state index in [0.29, 0.717) is 11.3 Å². The first kappa shape index (κ1) is 17.6. The number of methoxy groups -OCH3 is 1. The van der Waals surface area contributed by atoms with E-state index in [4.69, 9.17) is 9.47 Å². The number of carbonyl (C=O) groups is 2. The molecule has 2 aromatic rings. The van der Waals surface area contributed by atoms with E-state index >= 15 is 0 Å². The van der Waals surface area contributed by atoms with E-state index in [0.717, 1.165) is 12.8 Å². The summed E-state index contributed by atoms with van der Waals surface area (Å²) in [5.41, 5.74) is 3.37. The first-order valence-corrected chi connectivity index (χ1v) is 8.05. The SMILES string of the molecule is COc1cc(/C=N\NC(=O)C2CC2)ccc1OC(=O)c1ccc(F)cc1. The normalized spacial score (nSPS) is 13.5. The molecule has 0 saturated heterocycles. The molecular weight excluding hydrogens is 339 g/mol. The second-order valence-electron chi connectivity index (χ2n) is 5.82. The van der Waals surface area contributed by atoms with Crippen LogP contribution in [0, 0.1) is 11.7 Å². The van der Waals surface area contributed by atoms with E-state index in [9.17, 15) is 14.0 Å². The standard InChI is InChI=1S/C19H17FN2O4/c1-25-17-10-12(11-21-22-18(23)13-3-4-13)2-9-16(17)26-19(24)14-5-7-15(20)8-6-14/h2,5-11,13H,3-4H2,1H3,(H,22,23)/b21-11-. The third-order valence-corrected chi connectivity index (χ3v) is 3.81. The molecule has 1 amide bonds. The van der Waals surface area contributed by atoms with Crippen molar-refractivity contribution in [3.8, 4) is 11.5 Å². The van der Waals surface area contributed by atoms with Gasteiger partial charge in [-0.05, 0) is 60.9 Å². The van der Waals surface area contributed by atoms with Crippen molar-refractivity contribution in [1.82, 2.24) is 5.43 Å². The van der Waals surface area contributed by atoms with Crippen LogP contribution >= 0.6 is 0 Å². The number of hydrogen-bond donors (Lipinski definition) is 1. The number of nitrogens with zero attached hydrogens (tertiary/aromatic N) is 1. The minimum Gasteiger partial charge on any atom is -0.493 e. The lowest BCUT2D eigenvalue weighted by atomic mass is 10.2. The maximum absolute atomic E-state index is 12.9. The van der Waals surface area contributed by atoms with Gasteiger partial charge in [-0.1, -0.05) is 0 Å². The van der Waals surface area contributed by atoms with Crippen LogP contribution in [0.15, 0.2) is 47.6 Å². The Morgan fingerprint density at radius 2 is 1.88 bits per heavy atom. The molecule has 0 radical (unpaired) electrons. The highest BCUT2D eigenvalue weighted by Crippen LogP contribution is 2.29. The van der Waals surface area contributed by atoms with E-state index < -0.39 is 11.8 Å². The molecule has 3 rings (SSSR count). The van der Waals surface area contributed by atoms with Gasteiger partial charge in [0, 0.05) is 5.92 Å². The minimum atomic E-state index is -0.624. The fraction of sp³-hybridized carbons (Fsp3) is 0.211. The number of halogens is 1. The van der Waals surface area contributed by atoms with Crippen LogP contribution in [0.5, 0.6) is 11.5 Å². The van der Waals surface area contributed by atoms with E-state index in [2.05, 4.69) is 10.5 Å². The summed E-state index contributed by atoms with van der Waals surface area (Å²) in [4.78, 5) is 23.6. The largest absolute Gasteiger partial charge is 0.493 e. The zero-order chi connectivity index (χ0) is 18.5. The molecule has 6 nitrogen and oxygen atoms in total. The molecule has 0 heterocycles. The fourth-order valence-electron chi connectivity index (χ4n) is 2.20. The van der Waals surface area contributed by atoms with Crippen LogP contribution < -0.4 is 14.9 Å². The molecule has 1 aliphatic rings. The Hall–Kier alpha value is -3.22. The second-order valence-corrected chi connectivity index (χ2v) is 5.82. The maximum Gasteiger partial charge on any atom is 0.343 e. The number of esters is 1. The molecule has 1 saturated carbocycles. The van der Waals surface area contributed by atoms with Crippen molar-refractivity contribution in [2.24, 2.45) is 11.0 Å². The lowest BCUT2D eigenvalue weighted by Crippen LogP contribution is -2.18. The summed E-state index contributed by atoms with van der Waals surface area (Å²) in [6.45, 7) is 0. The van der Waals surface area contributed by atoms with Gasteiger partial charge in [0.2, 0.25) is 5.91 Å². The maximum atomic E-state index is 12.9. The lowest BCUT2D eigenvalue weighted by Gasteiger charge is -2.10. The Labute approximate surface area is 149 Å². The van der Waals surface area contributed by atoms with E-state index in [1.165, 1.54) is 37.6 Å². The van der Waals surface area contributed by atoms with Crippen molar-refractivity contribution in [2.75, 3.05) is 7.11 Å². The number of amides is 1. The van der Waals surface area contributed by atoms with Crippen LogP contribution in [0.1, 0.15) is 28.8 Å². The molecule has 0 atom stereocenters. The number of carbonyl (C=O) groups excluding carboxylic acids is 2. The average molecular weight is 356 g/mol. The zero-order valence-corrected chi connectivity index (χ0v) is 14.1. The Morgan fingerprint density at radius 3 is 2.54 bits per heavy atom. The highest BCUT2D eigenvalue weighted by Gasteiger charge is 2.29. The molecule has 0 aromatic heterocycles. The monoisotopic (exact) mass is 356 g/mol. The van der Waals surface area contributed by atoms with Gasteiger partial charge in [-0.3, -0.25) is 4.79 Å².